The van der Waals surface area contributed by atoms with Crippen molar-refractivity contribution >= 4 is 34.9 Å². The van der Waals surface area contributed by atoms with Crippen molar-refractivity contribution < 1.29 is 19.1 Å². The Balaban J connectivity index is 2.39. The standard InChI is InChI=1S/C20H26N4O4/c1-19(2,3)28-18(27)23-15(16(25)24-20(4,5)17(21)26)10-12-11-22-14-9-7-6-8-13(12)14/h6-11,22H,1-5H3,(H2,21,26)(H,23,27)(H,24,25)/b15-10-. The molecule has 2 aromatic rings. The second kappa shape index (κ2) is 7.75. The monoisotopic (exact) mass is 386 g/mol. The van der Waals surface area contributed by atoms with Gasteiger partial charge >= 0.3 is 6.09 Å². The van der Waals surface area contributed by atoms with Crippen molar-refractivity contribution in [2.45, 2.75) is 45.8 Å². The predicted octanol–water partition coefficient (Wildman–Crippen LogP) is 2.41. The van der Waals surface area contributed by atoms with E-state index in [-0.39, 0.29) is 5.70 Å². The summed E-state index contributed by atoms with van der Waals surface area (Å²) < 4.78 is 5.23. The van der Waals surface area contributed by atoms with Gasteiger partial charge in [0.1, 0.15) is 16.8 Å². The highest BCUT2D eigenvalue weighted by Gasteiger charge is 2.29. The van der Waals surface area contributed by atoms with Crippen LogP contribution in [0.3, 0.4) is 0 Å². The van der Waals surface area contributed by atoms with E-state index in [2.05, 4.69) is 15.6 Å². The number of primary amides is 1. The van der Waals surface area contributed by atoms with Crippen molar-refractivity contribution in [3.8, 4) is 0 Å². The Kier molecular flexibility index (Phi) is 5.82. The molecule has 8 heteroatoms. The Morgan fingerprint density at radius 1 is 1.11 bits per heavy atom. The van der Waals surface area contributed by atoms with Crippen LogP contribution in [-0.2, 0) is 14.3 Å². The number of aromatic amines is 1. The van der Waals surface area contributed by atoms with Gasteiger partial charge in [-0.3, -0.25) is 14.9 Å². The van der Waals surface area contributed by atoms with Gasteiger partial charge in [0.2, 0.25) is 5.91 Å². The summed E-state index contributed by atoms with van der Waals surface area (Å²) in [5.41, 5.74) is 4.78. The normalized spacial score (nSPS) is 12.5. The number of aromatic nitrogens is 1. The van der Waals surface area contributed by atoms with Crippen LogP contribution in [0.25, 0.3) is 17.0 Å². The molecule has 1 heterocycles. The number of benzene rings is 1. The number of hydrogen-bond acceptors (Lipinski definition) is 4. The first-order valence-corrected chi connectivity index (χ1v) is 8.79. The van der Waals surface area contributed by atoms with Gasteiger partial charge in [-0.05, 0) is 46.8 Å². The SMILES string of the molecule is CC(C)(C)OC(=O)N/C(=C\c1c[nH]c2ccccc12)C(=O)NC(C)(C)C(N)=O. The number of amides is 3. The second-order valence-electron chi connectivity index (χ2n) is 7.92. The summed E-state index contributed by atoms with van der Waals surface area (Å²) in [6.45, 7) is 8.09. The predicted molar refractivity (Wildman–Crippen MR) is 107 cm³/mol. The largest absolute Gasteiger partial charge is 0.444 e. The van der Waals surface area contributed by atoms with Gasteiger partial charge in [-0.15, -0.1) is 0 Å². The summed E-state index contributed by atoms with van der Waals surface area (Å²) in [6, 6.07) is 7.52. The molecule has 0 saturated carbocycles. The fourth-order valence-corrected chi connectivity index (χ4v) is 2.35. The summed E-state index contributed by atoms with van der Waals surface area (Å²) in [5.74, 6) is -1.37. The van der Waals surface area contributed by atoms with Crippen LogP contribution in [0.5, 0.6) is 0 Å². The maximum absolute atomic E-state index is 12.8. The van der Waals surface area contributed by atoms with Crippen molar-refractivity contribution in [2.24, 2.45) is 5.73 Å². The molecule has 28 heavy (non-hydrogen) atoms. The number of carbonyl (C=O) groups excluding carboxylic acids is 3. The lowest BCUT2D eigenvalue weighted by Crippen LogP contribution is -2.54. The fraction of sp³-hybridized carbons (Fsp3) is 0.350. The number of nitrogens with two attached hydrogens (primary N) is 1. The van der Waals surface area contributed by atoms with Crippen LogP contribution >= 0.6 is 0 Å². The smallest absolute Gasteiger partial charge is 0.412 e. The molecule has 0 saturated heterocycles. The molecule has 0 atom stereocenters. The number of rotatable bonds is 5. The minimum atomic E-state index is -1.30. The number of H-pyrrole nitrogens is 1. The number of nitrogens with one attached hydrogen (secondary N) is 3. The first-order valence-electron chi connectivity index (χ1n) is 8.79. The van der Waals surface area contributed by atoms with E-state index in [1.807, 2.05) is 24.3 Å². The first-order chi connectivity index (χ1) is 12.9. The number of hydrogen-bond donors (Lipinski definition) is 4. The van der Waals surface area contributed by atoms with Gasteiger partial charge in [-0.2, -0.15) is 0 Å². The van der Waals surface area contributed by atoms with Crippen LogP contribution in [0, 0.1) is 0 Å². The number of carbonyl (C=O) groups is 3. The lowest BCUT2D eigenvalue weighted by atomic mass is 10.0. The van der Waals surface area contributed by atoms with Crippen molar-refractivity contribution in [1.29, 1.82) is 0 Å². The summed E-state index contributed by atoms with van der Waals surface area (Å²) in [6.07, 6.45) is 2.44. The average molecular weight is 386 g/mol. The first kappa shape index (κ1) is 21.0. The molecule has 0 aliphatic heterocycles. The molecular weight excluding hydrogens is 360 g/mol. The minimum Gasteiger partial charge on any atom is -0.444 e. The highest BCUT2D eigenvalue weighted by Crippen LogP contribution is 2.20. The number of ether oxygens (including phenoxy) is 1. The molecule has 8 nitrogen and oxygen atoms in total. The van der Waals surface area contributed by atoms with Crippen LogP contribution in [-0.4, -0.2) is 34.0 Å². The number of fused-ring (bicyclic) bond motifs is 1. The van der Waals surface area contributed by atoms with Gasteiger partial charge in [-0.1, -0.05) is 18.2 Å². The summed E-state index contributed by atoms with van der Waals surface area (Å²) >= 11 is 0. The lowest BCUT2D eigenvalue weighted by Gasteiger charge is -2.24. The van der Waals surface area contributed by atoms with Gasteiger partial charge in [0.15, 0.2) is 0 Å². The maximum atomic E-state index is 12.8. The van der Waals surface area contributed by atoms with Crippen LogP contribution in [0.1, 0.15) is 40.2 Å². The topological polar surface area (TPSA) is 126 Å². The zero-order valence-corrected chi connectivity index (χ0v) is 16.7. The van der Waals surface area contributed by atoms with Crippen molar-refractivity contribution in [3.05, 3.63) is 41.7 Å². The Bertz CT molecular complexity index is 935. The zero-order valence-electron chi connectivity index (χ0n) is 16.7. The summed E-state index contributed by atoms with van der Waals surface area (Å²) in [7, 11) is 0. The number of alkyl carbamates (subject to hydrolysis) is 1. The molecule has 150 valence electrons. The van der Waals surface area contributed by atoms with Crippen molar-refractivity contribution in [1.82, 2.24) is 15.6 Å². The second-order valence-corrected chi connectivity index (χ2v) is 7.92. The van der Waals surface area contributed by atoms with E-state index in [0.717, 1.165) is 10.9 Å². The fourth-order valence-electron chi connectivity index (χ4n) is 2.35. The Morgan fingerprint density at radius 2 is 1.75 bits per heavy atom. The third-order valence-corrected chi connectivity index (χ3v) is 3.84. The van der Waals surface area contributed by atoms with Gasteiger partial charge in [0.05, 0.1) is 0 Å². The minimum absolute atomic E-state index is 0.0756. The molecule has 1 aromatic heterocycles. The highest BCUT2D eigenvalue weighted by molar-refractivity contribution is 6.04. The quantitative estimate of drug-likeness (QED) is 0.589. The van der Waals surface area contributed by atoms with E-state index in [1.165, 1.54) is 19.9 Å². The van der Waals surface area contributed by atoms with E-state index in [9.17, 15) is 14.4 Å². The van der Waals surface area contributed by atoms with Crippen LogP contribution in [0.15, 0.2) is 36.2 Å². The Morgan fingerprint density at radius 3 is 2.36 bits per heavy atom. The summed E-state index contributed by atoms with van der Waals surface area (Å²) in [4.78, 5) is 39.6. The van der Waals surface area contributed by atoms with E-state index in [1.54, 1.807) is 27.0 Å². The zero-order chi connectivity index (χ0) is 21.1. The lowest BCUT2D eigenvalue weighted by molar-refractivity contribution is -0.128. The van der Waals surface area contributed by atoms with Gasteiger partial charge in [0.25, 0.3) is 5.91 Å². The summed E-state index contributed by atoms with van der Waals surface area (Å²) in [5, 5.41) is 5.85. The molecule has 0 radical (unpaired) electrons. The molecule has 0 spiro atoms. The number of para-hydroxylation sites is 1. The third-order valence-electron chi connectivity index (χ3n) is 3.84. The van der Waals surface area contributed by atoms with Crippen molar-refractivity contribution in [2.75, 3.05) is 0 Å². The molecule has 0 aliphatic rings. The molecule has 0 bridgehead atoms. The molecule has 5 N–H and O–H groups in total. The van der Waals surface area contributed by atoms with Gasteiger partial charge in [-0.25, -0.2) is 4.79 Å². The van der Waals surface area contributed by atoms with Crippen LogP contribution in [0.4, 0.5) is 4.79 Å². The average Bonchev–Trinajstić information content (AvgIpc) is 2.95. The van der Waals surface area contributed by atoms with Crippen molar-refractivity contribution in [3.63, 3.8) is 0 Å². The van der Waals surface area contributed by atoms with Gasteiger partial charge in [0, 0.05) is 22.7 Å². The molecule has 0 unspecified atom stereocenters. The molecule has 0 aliphatic carbocycles. The van der Waals surface area contributed by atoms with Crippen LogP contribution in [0.2, 0.25) is 0 Å². The molecular formula is C20H26N4O4. The molecule has 0 fully saturated rings. The van der Waals surface area contributed by atoms with E-state index >= 15 is 0 Å². The maximum Gasteiger partial charge on any atom is 0.412 e. The van der Waals surface area contributed by atoms with E-state index in [4.69, 9.17) is 10.5 Å². The molecule has 3 amide bonds. The third kappa shape index (κ3) is 5.35. The highest BCUT2D eigenvalue weighted by atomic mass is 16.6. The van der Waals surface area contributed by atoms with E-state index < -0.39 is 29.0 Å². The molecule has 2 rings (SSSR count). The van der Waals surface area contributed by atoms with Gasteiger partial charge < -0.3 is 20.8 Å². The van der Waals surface area contributed by atoms with Crippen LogP contribution < -0.4 is 16.4 Å². The Labute approximate surface area is 163 Å². The van der Waals surface area contributed by atoms with E-state index in [0.29, 0.717) is 5.56 Å². The Hall–Kier alpha value is -3.29. The molecule has 1 aromatic carbocycles.